The highest BCUT2D eigenvalue weighted by atomic mass is 79.9. The van der Waals surface area contributed by atoms with E-state index in [2.05, 4.69) is 21.2 Å². The zero-order valence-electron chi connectivity index (χ0n) is 17.6. The summed E-state index contributed by atoms with van der Waals surface area (Å²) in [5.41, 5.74) is 2.05. The third kappa shape index (κ3) is 5.00. The molecule has 3 aromatic rings. The summed E-state index contributed by atoms with van der Waals surface area (Å²) in [7, 11) is -1.19. The molecule has 32 heavy (non-hydrogen) atoms. The number of benzene rings is 3. The van der Waals surface area contributed by atoms with Crippen molar-refractivity contribution in [2.75, 3.05) is 23.8 Å². The van der Waals surface area contributed by atoms with Crippen molar-refractivity contribution in [3.05, 3.63) is 87.9 Å². The van der Waals surface area contributed by atoms with E-state index in [1.807, 2.05) is 19.1 Å². The lowest BCUT2D eigenvalue weighted by Gasteiger charge is -2.20. The van der Waals surface area contributed by atoms with Crippen LogP contribution in [0.2, 0.25) is 0 Å². The molecule has 0 spiro atoms. The van der Waals surface area contributed by atoms with Crippen LogP contribution in [0, 0.1) is 6.92 Å². The number of ether oxygens (including phenoxy) is 1. The normalized spacial score (nSPS) is 11.0. The molecule has 3 rings (SSSR count). The number of carbonyl (C=O) groups excluding carboxylic acids is 2. The fourth-order valence-electron chi connectivity index (χ4n) is 2.95. The lowest BCUT2D eigenvalue weighted by Crippen LogP contribution is -2.27. The Bertz CT molecular complexity index is 1270. The fourth-order valence-corrected chi connectivity index (χ4v) is 4.55. The van der Waals surface area contributed by atoms with E-state index in [9.17, 15) is 18.0 Å². The van der Waals surface area contributed by atoms with Crippen LogP contribution < -0.4 is 9.62 Å². The Hall–Kier alpha value is -3.17. The minimum Gasteiger partial charge on any atom is -0.465 e. The van der Waals surface area contributed by atoms with Crippen molar-refractivity contribution in [3.8, 4) is 0 Å². The quantitative estimate of drug-likeness (QED) is 0.482. The third-order valence-electron chi connectivity index (χ3n) is 4.79. The third-order valence-corrected chi connectivity index (χ3v) is 7.06. The van der Waals surface area contributed by atoms with Crippen molar-refractivity contribution < 1.29 is 22.7 Å². The maximum Gasteiger partial charge on any atom is 0.340 e. The van der Waals surface area contributed by atoms with Crippen LogP contribution in [-0.2, 0) is 14.8 Å². The number of hydrogen-bond acceptors (Lipinski definition) is 5. The molecule has 7 nitrogen and oxygen atoms in total. The topological polar surface area (TPSA) is 92.8 Å². The number of hydrogen-bond donors (Lipinski definition) is 1. The highest BCUT2D eigenvalue weighted by Crippen LogP contribution is 2.25. The molecule has 0 aromatic heterocycles. The van der Waals surface area contributed by atoms with E-state index >= 15 is 0 Å². The van der Waals surface area contributed by atoms with Gasteiger partial charge in [-0.1, -0.05) is 39.7 Å². The first-order valence-corrected chi connectivity index (χ1v) is 11.7. The minimum atomic E-state index is -3.89. The van der Waals surface area contributed by atoms with Crippen molar-refractivity contribution >= 4 is 49.2 Å². The van der Waals surface area contributed by atoms with Gasteiger partial charge in [-0.3, -0.25) is 9.10 Å². The number of carbonyl (C=O) groups is 2. The van der Waals surface area contributed by atoms with Gasteiger partial charge in [0.15, 0.2) is 0 Å². The lowest BCUT2D eigenvalue weighted by atomic mass is 10.1. The number of amides is 1. The van der Waals surface area contributed by atoms with Crippen LogP contribution in [0.15, 0.2) is 76.1 Å². The average molecular weight is 517 g/mol. The second-order valence-electron chi connectivity index (χ2n) is 6.97. The molecule has 0 saturated carbocycles. The highest BCUT2D eigenvalue weighted by molar-refractivity contribution is 9.10. The lowest BCUT2D eigenvalue weighted by molar-refractivity contribution is 0.0602. The van der Waals surface area contributed by atoms with Gasteiger partial charge >= 0.3 is 5.97 Å². The Morgan fingerprint density at radius 2 is 1.69 bits per heavy atom. The SMILES string of the molecule is COC(=O)c1cc(Br)ccc1NC(=O)c1cccc(S(=O)(=O)N(C)c2ccc(C)cc2)c1. The zero-order valence-corrected chi connectivity index (χ0v) is 20.0. The van der Waals surface area contributed by atoms with Crippen molar-refractivity contribution in [3.63, 3.8) is 0 Å². The maximum atomic E-state index is 13.1. The van der Waals surface area contributed by atoms with Gasteiger partial charge < -0.3 is 10.1 Å². The maximum absolute atomic E-state index is 13.1. The van der Waals surface area contributed by atoms with E-state index in [0.717, 1.165) is 9.87 Å². The van der Waals surface area contributed by atoms with E-state index in [0.29, 0.717) is 10.2 Å². The van der Waals surface area contributed by atoms with Crippen molar-refractivity contribution in [2.45, 2.75) is 11.8 Å². The second-order valence-corrected chi connectivity index (χ2v) is 9.86. The number of nitrogens with zero attached hydrogens (tertiary/aromatic N) is 1. The Morgan fingerprint density at radius 1 is 1.00 bits per heavy atom. The van der Waals surface area contributed by atoms with Gasteiger partial charge in [-0.25, -0.2) is 13.2 Å². The number of anilines is 2. The fraction of sp³-hybridized carbons (Fsp3) is 0.130. The molecular formula is C23H21BrN2O5S. The molecule has 0 fully saturated rings. The van der Waals surface area contributed by atoms with Crippen molar-refractivity contribution in [1.29, 1.82) is 0 Å². The summed E-state index contributed by atoms with van der Waals surface area (Å²) in [5.74, 6) is -1.18. The van der Waals surface area contributed by atoms with Crippen LogP contribution in [0.4, 0.5) is 11.4 Å². The first-order valence-electron chi connectivity index (χ1n) is 9.48. The number of methoxy groups -OCH3 is 1. The summed E-state index contributed by atoms with van der Waals surface area (Å²) in [5, 5.41) is 2.65. The van der Waals surface area contributed by atoms with Crippen LogP contribution in [-0.4, -0.2) is 34.5 Å². The minimum absolute atomic E-state index is 0.0303. The first-order chi connectivity index (χ1) is 15.1. The molecule has 0 atom stereocenters. The largest absolute Gasteiger partial charge is 0.465 e. The summed E-state index contributed by atoms with van der Waals surface area (Å²) < 4.78 is 32.8. The number of aryl methyl sites for hydroxylation is 1. The smallest absolute Gasteiger partial charge is 0.340 e. The number of sulfonamides is 1. The summed E-state index contributed by atoms with van der Waals surface area (Å²) in [6, 6.07) is 17.5. The molecule has 0 heterocycles. The van der Waals surface area contributed by atoms with Gasteiger partial charge in [0, 0.05) is 17.1 Å². The molecule has 0 aliphatic rings. The summed E-state index contributed by atoms with van der Waals surface area (Å²) in [6.45, 7) is 1.91. The molecule has 9 heteroatoms. The van der Waals surface area contributed by atoms with Crippen molar-refractivity contribution in [1.82, 2.24) is 0 Å². The number of nitrogens with one attached hydrogen (secondary N) is 1. The number of esters is 1. The standard InChI is InChI=1S/C23H21BrN2O5S/c1-15-7-10-18(11-8-15)26(2)32(29,30)19-6-4-5-16(13-19)22(27)25-21-12-9-17(24)14-20(21)23(28)31-3/h4-14H,1-3H3,(H,25,27). The Kier molecular flexibility index (Phi) is 7.00. The molecule has 0 bridgehead atoms. The summed E-state index contributed by atoms with van der Waals surface area (Å²) >= 11 is 3.28. The molecular weight excluding hydrogens is 496 g/mol. The second kappa shape index (κ2) is 9.54. The summed E-state index contributed by atoms with van der Waals surface area (Å²) in [6.07, 6.45) is 0. The van der Waals surface area contributed by atoms with Gasteiger partial charge in [0.25, 0.3) is 15.9 Å². The van der Waals surface area contributed by atoms with Gasteiger partial charge in [0.05, 0.1) is 28.9 Å². The Morgan fingerprint density at radius 3 is 2.34 bits per heavy atom. The van der Waals surface area contributed by atoms with Gasteiger partial charge in [0.2, 0.25) is 0 Å². The monoisotopic (exact) mass is 516 g/mol. The number of rotatable bonds is 6. The van der Waals surface area contributed by atoms with E-state index in [1.54, 1.807) is 24.3 Å². The number of halogens is 1. The van der Waals surface area contributed by atoms with E-state index in [1.165, 1.54) is 44.5 Å². The molecule has 0 aliphatic heterocycles. The van der Waals surface area contributed by atoms with Gasteiger partial charge in [-0.05, 0) is 55.5 Å². The van der Waals surface area contributed by atoms with E-state index < -0.39 is 21.9 Å². The molecule has 0 unspecified atom stereocenters. The van der Waals surface area contributed by atoms with Gasteiger partial charge in [0.1, 0.15) is 0 Å². The zero-order chi connectivity index (χ0) is 23.5. The molecule has 0 saturated heterocycles. The Balaban J connectivity index is 1.90. The molecule has 166 valence electrons. The predicted octanol–water partition coefficient (Wildman–Crippen LogP) is 4.62. The van der Waals surface area contributed by atoms with Crippen molar-refractivity contribution in [2.24, 2.45) is 0 Å². The van der Waals surface area contributed by atoms with E-state index in [-0.39, 0.29) is 21.7 Å². The van der Waals surface area contributed by atoms with Gasteiger partial charge in [-0.15, -0.1) is 0 Å². The van der Waals surface area contributed by atoms with E-state index in [4.69, 9.17) is 4.74 Å². The molecule has 3 aromatic carbocycles. The Labute approximate surface area is 195 Å². The van der Waals surface area contributed by atoms with Gasteiger partial charge in [-0.2, -0.15) is 0 Å². The average Bonchev–Trinajstić information content (AvgIpc) is 2.79. The highest BCUT2D eigenvalue weighted by Gasteiger charge is 2.23. The molecule has 1 N–H and O–H groups in total. The summed E-state index contributed by atoms with van der Waals surface area (Å²) in [4.78, 5) is 24.8. The predicted molar refractivity (Wildman–Crippen MR) is 127 cm³/mol. The van der Waals surface area contributed by atoms with Crippen LogP contribution in [0.3, 0.4) is 0 Å². The van der Waals surface area contributed by atoms with Crippen LogP contribution in [0.25, 0.3) is 0 Å². The van der Waals surface area contributed by atoms with Crippen LogP contribution >= 0.6 is 15.9 Å². The molecule has 0 radical (unpaired) electrons. The first kappa shape index (κ1) is 23.5. The van der Waals surface area contributed by atoms with Crippen LogP contribution in [0.1, 0.15) is 26.3 Å². The van der Waals surface area contributed by atoms with Crippen LogP contribution in [0.5, 0.6) is 0 Å². The molecule has 0 aliphatic carbocycles. The molecule has 1 amide bonds.